The van der Waals surface area contributed by atoms with Crippen LogP contribution in [0.1, 0.15) is 66.2 Å². The summed E-state index contributed by atoms with van der Waals surface area (Å²) in [4.78, 5) is 2.67. The minimum Gasteiger partial charge on any atom is -0.393 e. The Morgan fingerprint density at radius 3 is 2.18 bits per heavy atom. The van der Waals surface area contributed by atoms with Gasteiger partial charge < -0.3 is 5.11 Å². The van der Waals surface area contributed by atoms with Gasteiger partial charge in [0.25, 0.3) is 0 Å². The fraction of sp³-hybridized carbons (Fsp3) is 1.00. The van der Waals surface area contributed by atoms with Crippen molar-refractivity contribution in [2.75, 3.05) is 6.54 Å². The molecule has 2 nitrogen and oxygen atoms in total. The summed E-state index contributed by atoms with van der Waals surface area (Å²) in [5, 5.41) is 9.57. The van der Waals surface area contributed by atoms with E-state index in [9.17, 15) is 5.11 Å². The zero-order valence-electron chi connectivity index (χ0n) is 12.2. The van der Waals surface area contributed by atoms with Gasteiger partial charge >= 0.3 is 0 Å². The van der Waals surface area contributed by atoms with E-state index in [1.54, 1.807) is 0 Å². The van der Waals surface area contributed by atoms with E-state index < -0.39 is 0 Å². The van der Waals surface area contributed by atoms with E-state index in [-0.39, 0.29) is 6.10 Å². The number of hydrogen-bond donors (Lipinski definition) is 1. The van der Waals surface area contributed by atoms with Crippen LogP contribution in [0.25, 0.3) is 0 Å². The molecule has 1 aliphatic carbocycles. The molecule has 1 aliphatic rings. The molecule has 0 aliphatic heterocycles. The van der Waals surface area contributed by atoms with Crippen LogP contribution < -0.4 is 0 Å². The largest absolute Gasteiger partial charge is 0.393 e. The lowest BCUT2D eigenvalue weighted by Crippen LogP contribution is -2.42. The molecule has 0 aromatic carbocycles. The van der Waals surface area contributed by atoms with E-state index in [2.05, 4.69) is 25.7 Å². The molecule has 1 N–H and O–H groups in total. The molecule has 102 valence electrons. The second-order valence-corrected chi connectivity index (χ2v) is 6.29. The third kappa shape index (κ3) is 5.39. The molecule has 0 bridgehead atoms. The van der Waals surface area contributed by atoms with E-state index in [1.807, 2.05) is 6.92 Å². The number of hydrogen-bond acceptors (Lipinski definition) is 2. The van der Waals surface area contributed by atoms with Gasteiger partial charge in [0, 0.05) is 12.1 Å². The molecule has 1 saturated carbocycles. The predicted octanol–water partition coefficient (Wildman–Crippen LogP) is 3.44. The Hall–Kier alpha value is -0.0800. The number of rotatable bonds is 7. The molecule has 2 unspecified atom stereocenters. The van der Waals surface area contributed by atoms with Crippen LogP contribution in [0.4, 0.5) is 0 Å². The lowest BCUT2D eigenvalue weighted by Gasteiger charge is -2.35. The molecular weight excluding hydrogens is 210 g/mol. The Morgan fingerprint density at radius 2 is 1.71 bits per heavy atom. The summed E-state index contributed by atoms with van der Waals surface area (Å²) in [6.07, 6.45) is 7.53. The first-order chi connectivity index (χ1) is 8.00. The molecular formula is C15H31NO. The Kier molecular flexibility index (Phi) is 6.50. The van der Waals surface area contributed by atoms with Gasteiger partial charge in [-0.2, -0.15) is 0 Å². The van der Waals surface area contributed by atoms with E-state index in [1.165, 1.54) is 38.6 Å². The van der Waals surface area contributed by atoms with Gasteiger partial charge in [-0.3, -0.25) is 4.90 Å². The molecule has 0 radical (unpaired) electrons. The van der Waals surface area contributed by atoms with Crippen LogP contribution in [-0.2, 0) is 0 Å². The second-order valence-electron chi connectivity index (χ2n) is 6.29. The summed E-state index contributed by atoms with van der Waals surface area (Å²) in [6, 6.07) is 1.30. The van der Waals surface area contributed by atoms with Crippen molar-refractivity contribution in [3.8, 4) is 0 Å². The van der Waals surface area contributed by atoms with Crippen molar-refractivity contribution in [2.24, 2.45) is 5.92 Å². The molecule has 1 fully saturated rings. The van der Waals surface area contributed by atoms with Crippen molar-refractivity contribution < 1.29 is 5.11 Å². The van der Waals surface area contributed by atoms with Crippen molar-refractivity contribution in [3.63, 3.8) is 0 Å². The maximum absolute atomic E-state index is 9.57. The highest BCUT2D eigenvalue weighted by Crippen LogP contribution is 2.27. The van der Waals surface area contributed by atoms with E-state index in [0.717, 1.165) is 18.4 Å². The highest BCUT2D eigenvalue weighted by molar-refractivity contribution is 4.82. The normalized spacial score (nSPS) is 21.4. The average Bonchev–Trinajstić information content (AvgIpc) is 2.69. The fourth-order valence-electron chi connectivity index (χ4n) is 3.04. The molecule has 0 heterocycles. The van der Waals surface area contributed by atoms with Crippen molar-refractivity contribution in [3.05, 3.63) is 0 Å². The van der Waals surface area contributed by atoms with Crippen LogP contribution in [0.3, 0.4) is 0 Å². The summed E-state index contributed by atoms with van der Waals surface area (Å²) >= 11 is 0. The van der Waals surface area contributed by atoms with Gasteiger partial charge in [-0.1, -0.05) is 26.7 Å². The average molecular weight is 241 g/mol. The van der Waals surface area contributed by atoms with Crippen molar-refractivity contribution >= 4 is 0 Å². The third-order valence-electron chi connectivity index (χ3n) is 4.01. The minimum atomic E-state index is -0.173. The van der Waals surface area contributed by atoms with Gasteiger partial charge in [0.15, 0.2) is 0 Å². The van der Waals surface area contributed by atoms with Gasteiger partial charge in [-0.05, 0) is 52.0 Å². The number of nitrogens with zero attached hydrogens (tertiary/aromatic N) is 1. The van der Waals surface area contributed by atoms with Crippen molar-refractivity contribution in [2.45, 2.75) is 84.4 Å². The Bertz CT molecular complexity index is 197. The van der Waals surface area contributed by atoms with Crippen LogP contribution in [0.2, 0.25) is 0 Å². The lowest BCUT2D eigenvalue weighted by molar-refractivity contribution is 0.0870. The van der Waals surface area contributed by atoms with Crippen LogP contribution in [0, 0.1) is 5.92 Å². The molecule has 0 amide bonds. The minimum absolute atomic E-state index is 0.173. The van der Waals surface area contributed by atoms with Crippen molar-refractivity contribution in [1.29, 1.82) is 0 Å². The zero-order valence-corrected chi connectivity index (χ0v) is 12.2. The maximum atomic E-state index is 9.57. The highest BCUT2D eigenvalue weighted by Gasteiger charge is 2.26. The third-order valence-corrected chi connectivity index (χ3v) is 4.01. The number of aliphatic hydroxyl groups is 1. The van der Waals surface area contributed by atoms with E-state index in [4.69, 9.17) is 0 Å². The van der Waals surface area contributed by atoms with E-state index in [0.29, 0.717) is 6.04 Å². The quantitative estimate of drug-likeness (QED) is 0.738. The van der Waals surface area contributed by atoms with Gasteiger partial charge in [0.2, 0.25) is 0 Å². The zero-order chi connectivity index (χ0) is 12.8. The summed E-state index contributed by atoms with van der Waals surface area (Å²) in [7, 11) is 0. The smallest absolute Gasteiger partial charge is 0.0526 e. The lowest BCUT2D eigenvalue weighted by atomic mass is 10.0. The molecule has 0 aromatic rings. The Morgan fingerprint density at radius 1 is 1.12 bits per heavy atom. The summed E-state index contributed by atoms with van der Waals surface area (Å²) < 4.78 is 0. The van der Waals surface area contributed by atoms with Gasteiger partial charge in [-0.25, -0.2) is 0 Å². The van der Waals surface area contributed by atoms with E-state index >= 15 is 0 Å². The molecule has 17 heavy (non-hydrogen) atoms. The summed E-state index contributed by atoms with van der Waals surface area (Å²) in [6.45, 7) is 9.99. The standard InChI is InChI=1S/C15H31NO/c1-12(2)9-10-16(13(3)11-14(4)17)15-7-5-6-8-15/h12-15,17H,5-11H2,1-4H3. The van der Waals surface area contributed by atoms with Gasteiger partial charge in [0.1, 0.15) is 0 Å². The summed E-state index contributed by atoms with van der Waals surface area (Å²) in [5.41, 5.74) is 0. The Balaban J connectivity index is 2.50. The van der Waals surface area contributed by atoms with Crippen LogP contribution >= 0.6 is 0 Å². The maximum Gasteiger partial charge on any atom is 0.0526 e. The monoisotopic (exact) mass is 241 g/mol. The first-order valence-corrected chi connectivity index (χ1v) is 7.44. The first-order valence-electron chi connectivity index (χ1n) is 7.44. The molecule has 0 saturated heterocycles. The van der Waals surface area contributed by atoms with Crippen molar-refractivity contribution in [1.82, 2.24) is 4.90 Å². The topological polar surface area (TPSA) is 23.5 Å². The van der Waals surface area contributed by atoms with Gasteiger partial charge in [0.05, 0.1) is 6.10 Å². The first kappa shape index (κ1) is 15.0. The molecule has 2 atom stereocenters. The van der Waals surface area contributed by atoms with Gasteiger partial charge in [-0.15, -0.1) is 0 Å². The highest BCUT2D eigenvalue weighted by atomic mass is 16.3. The number of aliphatic hydroxyl groups excluding tert-OH is 1. The molecule has 0 spiro atoms. The Labute approximate surface area is 107 Å². The predicted molar refractivity (Wildman–Crippen MR) is 74.2 cm³/mol. The second kappa shape index (κ2) is 7.38. The molecule has 0 aromatic heterocycles. The van der Waals surface area contributed by atoms with Crippen LogP contribution in [0.15, 0.2) is 0 Å². The molecule has 2 heteroatoms. The summed E-state index contributed by atoms with van der Waals surface area (Å²) in [5.74, 6) is 0.776. The molecule has 1 rings (SSSR count). The fourth-order valence-corrected chi connectivity index (χ4v) is 3.04. The van der Waals surface area contributed by atoms with Crippen LogP contribution in [-0.4, -0.2) is 34.7 Å². The SMILES string of the molecule is CC(C)CCN(C(C)CC(C)O)C1CCCC1. The van der Waals surface area contributed by atoms with Crippen LogP contribution in [0.5, 0.6) is 0 Å².